The number of carbonyl (C=O) groups excluding carboxylic acids is 3. The molecule has 0 aliphatic carbocycles. The molecule has 0 aliphatic rings. The molecule has 0 saturated heterocycles. The zero-order chi connectivity index (χ0) is 40.8. The third kappa shape index (κ3) is 12.8. The minimum absolute atomic E-state index is 0.0162. The lowest BCUT2D eigenvalue weighted by Gasteiger charge is -2.19. The molecule has 0 amide bonds. The van der Waals surface area contributed by atoms with Crippen LogP contribution in [0.4, 0.5) is 0 Å². The Hall–Kier alpha value is -4.52. The first-order valence-electron chi connectivity index (χ1n) is 19.0. The molecule has 0 fully saturated rings. The fourth-order valence-electron chi connectivity index (χ4n) is 6.19. The lowest BCUT2D eigenvalue weighted by molar-refractivity contribution is -0.133. The van der Waals surface area contributed by atoms with Crippen LogP contribution in [-0.2, 0) is 38.6 Å². The highest BCUT2D eigenvalue weighted by atomic mass is 16.5. The number of carbonyl (C=O) groups is 3. The van der Waals surface area contributed by atoms with Crippen molar-refractivity contribution in [1.29, 1.82) is 0 Å². The number of fused-ring (bicyclic) bond motifs is 2. The van der Waals surface area contributed by atoms with Gasteiger partial charge in [0.1, 0.15) is 45.4 Å². The first kappa shape index (κ1) is 44.9. The van der Waals surface area contributed by atoms with Crippen molar-refractivity contribution in [1.82, 2.24) is 0 Å². The number of aliphatic hydroxyl groups excluding tert-OH is 3. The summed E-state index contributed by atoms with van der Waals surface area (Å²) in [5, 5.41) is 42.2. The summed E-state index contributed by atoms with van der Waals surface area (Å²) in [6, 6.07) is 3.11. The second-order valence-electron chi connectivity index (χ2n) is 14.9. The second-order valence-corrected chi connectivity index (χ2v) is 14.9. The zero-order valence-electron chi connectivity index (χ0n) is 33.2. The van der Waals surface area contributed by atoms with Gasteiger partial charge in [-0.2, -0.15) is 0 Å². The van der Waals surface area contributed by atoms with Crippen molar-refractivity contribution < 1.29 is 53.4 Å². The SMILES string of the molecule is CC(C)=CCc1c(OCCCC(=O)C[C@@H](C)C(C)O)cc2oc3cc(OCCCC(=O)C[C@H](COC=O)C(C)O)c(CO)c(CC=C(C)C)c3c(=O)c2c1O. The molecule has 3 aromatic rings. The maximum Gasteiger partial charge on any atom is 0.293 e. The molecular weight excluding hydrogens is 708 g/mol. The summed E-state index contributed by atoms with van der Waals surface area (Å²) < 4.78 is 23.3. The fourth-order valence-corrected chi connectivity index (χ4v) is 6.19. The van der Waals surface area contributed by atoms with E-state index in [1.54, 1.807) is 13.0 Å². The molecule has 3 rings (SSSR count). The summed E-state index contributed by atoms with van der Waals surface area (Å²) in [6.45, 7) is 12.7. The minimum atomic E-state index is -0.838. The molecule has 0 aliphatic heterocycles. The van der Waals surface area contributed by atoms with Gasteiger partial charge in [-0.25, -0.2) is 0 Å². The lowest BCUT2D eigenvalue weighted by Crippen LogP contribution is -2.25. The van der Waals surface area contributed by atoms with Gasteiger partial charge in [0, 0.05) is 54.9 Å². The zero-order valence-corrected chi connectivity index (χ0v) is 33.2. The van der Waals surface area contributed by atoms with Gasteiger partial charge in [-0.3, -0.25) is 19.2 Å². The smallest absolute Gasteiger partial charge is 0.293 e. The quantitative estimate of drug-likeness (QED) is 0.0332. The Bertz CT molecular complexity index is 1910. The summed E-state index contributed by atoms with van der Waals surface area (Å²) in [4.78, 5) is 50.1. The normalized spacial score (nSPS) is 13.5. The first-order chi connectivity index (χ1) is 26.1. The molecule has 4 N–H and O–H groups in total. The molecule has 302 valence electrons. The van der Waals surface area contributed by atoms with Crippen molar-refractivity contribution >= 4 is 40.0 Å². The summed E-state index contributed by atoms with van der Waals surface area (Å²) >= 11 is 0. The molecule has 0 radical (unpaired) electrons. The Kier molecular flexibility index (Phi) is 17.6. The van der Waals surface area contributed by atoms with Gasteiger partial charge in [0.05, 0.1) is 44.0 Å². The number of Topliss-reactive ketones (excluding diaryl/α,β-unsaturated/α-hetero) is 2. The summed E-state index contributed by atoms with van der Waals surface area (Å²) in [5.74, 6) is -0.484. The largest absolute Gasteiger partial charge is 0.507 e. The lowest BCUT2D eigenvalue weighted by atomic mass is 9.95. The Morgan fingerprint density at radius 3 is 1.82 bits per heavy atom. The van der Waals surface area contributed by atoms with E-state index in [2.05, 4.69) is 0 Å². The van der Waals surface area contributed by atoms with Crippen LogP contribution in [0.15, 0.2) is 44.6 Å². The van der Waals surface area contributed by atoms with Gasteiger partial charge in [0.2, 0.25) is 5.43 Å². The number of phenols is 1. The Morgan fingerprint density at radius 2 is 1.31 bits per heavy atom. The number of ether oxygens (including phenoxy) is 3. The highest BCUT2D eigenvalue weighted by molar-refractivity contribution is 5.97. The molecule has 1 heterocycles. The number of phenolic OH excluding ortho intramolecular Hbond substituents is 1. The van der Waals surface area contributed by atoms with Gasteiger partial charge in [-0.1, -0.05) is 30.2 Å². The van der Waals surface area contributed by atoms with Gasteiger partial charge in [-0.15, -0.1) is 0 Å². The van der Waals surface area contributed by atoms with E-state index >= 15 is 0 Å². The van der Waals surface area contributed by atoms with Crippen LogP contribution < -0.4 is 14.9 Å². The number of hydrogen-bond donors (Lipinski definition) is 4. The maximum atomic E-state index is 14.4. The van der Waals surface area contributed by atoms with Gasteiger partial charge < -0.3 is 39.1 Å². The monoisotopic (exact) mass is 766 g/mol. The predicted molar refractivity (Wildman–Crippen MR) is 211 cm³/mol. The molecule has 0 spiro atoms. The van der Waals surface area contributed by atoms with Crippen LogP contribution in [0.2, 0.25) is 0 Å². The van der Waals surface area contributed by atoms with Crippen molar-refractivity contribution in [2.75, 3.05) is 19.8 Å². The number of aliphatic hydroxyl groups is 3. The van der Waals surface area contributed by atoms with E-state index in [0.717, 1.165) is 11.1 Å². The topological polar surface area (TPSA) is 190 Å². The van der Waals surface area contributed by atoms with E-state index in [4.69, 9.17) is 18.6 Å². The molecule has 0 saturated carbocycles. The van der Waals surface area contributed by atoms with Crippen LogP contribution in [0, 0.1) is 11.8 Å². The van der Waals surface area contributed by atoms with Gasteiger partial charge in [-0.05, 0) is 78.7 Å². The van der Waals surface area contributed by atoms with Gasteiger partial charge in [0.25, 0.3) is 6.47 Å². The highest BCUT2D eigenvalue weighted by Gasteiger charge is 2.25. The molecule has 12 nitrogen and oxygen atoms in total. The van der Waals surface area contributed by atoms with Crippen LogP contribution in [-0.4, -0.2) is 70.5 Å². The van der Waals surface area contributed by atoms with E-state index in [1.165, 1.54) is 13.0 Å². The van der Waals surface area contributed by atoms with Crippen molar-refractivity contribution in [3.63, 3.8) is 0 Å². The molecule has 0 bridgehead atoms. The van der Waals surface area contributed by atoms with Gasteiger partial charge in [0.15, 0.2) is 0 Å². The summed E-state index contributed by atoms with van der Waals surface area (Å²) in [7, 11) is 0. The van der Waals surface area contributed by atoms with E-state index < -0.39 is 30.2 Å². The van der Waals surface area contributed by atoms with Crippen molar-refractivity contribution in [2.24, 2.45) is 11.8 Å². The van der Waals surface area contributed by atoms with Crippen LogP contribution in [0.1, 0.15) is 104 Å². The predicted octanol–water partition coefficient (Wildman–Crippen LogP) is 6.58. The fraction of sp³-hybridized carbons (Fsp3) is 0.535. The highest BCUT2D eigenvalue weighted by Crippen LogP contribution is 2.39. The molecule has 2 aromatic carbocycles. The molecule has 55 heavy (non-hydrogen) atoms. The molecule has 12 heteroatoms. The Balaban J connectivity index is 2.03. The van der Waals surface area contributed by atoms with Crippen LogP contribution >= 0.6 is 0 Å². The number of aromatic hydroxyl groups is 1. The number of ketones is 2. The maximum absolute atomic E-state index is 14.4. The van der Waals surface area contributed by atoms with E-state index in [-0.39, 0.29) is 116 Å². The van der Waals surface area contributed by atoms with E-state index in [0.29, 0.717) is 35.3 Å². The van der Waals surface area contributed by atoms with Crippen molar-refractivity contribution in [3.8, 4) is 17.2 Å². The number of allylic oxidation sites excluding steroid dienone is 4. The summed E-state index contributed by atoms with van der Waals surface area (Å²) in [6.07, 6.45) is 4.38. The Morgan fingerprint density at radius 1 is 0.782 bits per heavy atom. The third-order valence-corrected chi connectivity index (χ3v) is 9.70. The van der Waals surface area contributed by atoms with Crippen molar-refractivity contribution in [2.45, 2.75) is 119 Å². The van der Waals surface area contributed by atoms with Gasteiger partial charge >= 0.3 is 0 Å². The molecule has 2 unspecified atom stereocenters. The number of benzene rings is 2. The van der Waals surface area contributed by atoms with Crippen LogP contribution in [0.5, 0.6) is 17.2 Å². The molecule has 4 atom stereocenters. The minimum Gasteiger partial charge on any atom is -0.507 e. The average Bonchev–Trinajstić information content (AvgIpc) is 3.11. The third-order valence-electron chi connectivity index (χ3n) is 9.70. The molecule has 1 aromatic heterocycles. The number of rotatable bonds is 24. The summed E-state index contributed by atoms with van der Waals surface area (Å²) in [5.41, 5.74) is 3.01. The van der Waals surface area contributed by atoms with Crippen molar-refractivity contribution in [3.05, 3.63) is 62.3 Å². The van der Waals surface area contributed by atoms with Crippen LogP contribution in [0.3, 0.4) is 0 Å². The standard InChI is InChI=1S/C43H58O12/c1-25(2)12-14-33-35(22-44)37(54-17-9-11-32(49)19-30(29(7)47)23-52-24-45)21-38-40(33)43(51)41-39(55-38)20-36(34(42(41)50)15-13-26(3)4)53-16-8-10-31(48)18-27(5)28(6)46/h12-13,20-21,24,27-30,44,46-47,50H,8-11,14-19,22-23H2,1-7H3/t27-,28?,29?,30-/m1/s1. The van der Waals surface area contributed by atoms with E-state index in [9.17, 15) is 39.6 Å². The van der Waals surface area contributed by atoms with E-state index in [1.807, 2.05) is 46.8 Å². The van der Waals surface area contributed by atoms with Crippen LogP contribution in [0.25, 0.3) is 21.9 Å². The Labute approximate surface area is 322 Å². The second kappa shape index (κ2) is 21.5. The molecular formula is C43H58O12. The average molecular weight is 767 g/mol. The first-order valence-corrected chi connectivity index (χ1v) is 19.0. The number of hydrogen-bond acceptors (Lipinski definition) is 12.